The van der Waals surface area contributed by atoms with Crippen molar-refractivity contribution in [3.63, 3.8) is 0 Å². The van der Waals surface area contributed by atoms with Crippen molar-refractivity contribution in [2.45, 2.75) is 0 Å². The largest absolute Gasteiger partial charge is 0.384 e. The zero-order chi connectivity index (χ0) is 8.55. The van der Waals surface area contributed by atoms with Gasteiger partial charge >= 0.3 is 0 Å². The van der Waals surface area contributed by atoms with Crippen molar-refractivity contribution in [2.75, 3.05) is 0 Å². The molecule has 0 bridgehead atoms. The van der Waals surface area contributed by atoms with Crippen molar-refractivity contribution in [3.8, 4) is 0 Å². The predicted octanol–water partition coefficient (Wildman–Crippen LogP) is 0.847. The number of nitrogens with two attached hydrogens (primary N) is 1. The molecule has 4 N–H and O–H groups in total. The third-order valence-electron chi connectivity index (χ3n) is 1.75. The summed E-state index contributed by atoms with van der Waals surface area (Å²) in [6, 6.07) is 5.49. The average Bonchev–Trinajstić information content (AvgIpc) is 2.49. The second kappa shape index (κ2) is 2.34. The van der Waals surface area contributed by atoms with Crippen LogP contribution in [0.3, 0.4) is 0 Å². The molecule has 1 aromatic heterocycles. The summed E-state index contributed by atoms with van der Waals surface area (Å²) in [5, 5.41) is 14.9. The fraction of sp³-hybridized carbons (Fsp3) is 0. The lowest BCUT2D eigenvalue weighted by atomic mass is 10.1. The number of amidine groups is 1. The van der Waals surface area contributed by atoms with Gasteiger partial charge in [0, 0.05) is 10.9 Å². The zero-order valence-corrected chi connectivity index (χ0v) is 6.33. The van der Waals surface area contributed by atoms with Gasteiger partial charge in [-0.05, 0) is 18.2 Å². The number of aromatic amines is 1. The quantitative estimate of drug-likeness (QED) is 0.427. The normalized spacial score (nSPS) is 10.3. The minimum absolute atomic E-state index is 0.0816. The van der Waals surface area contributed by atoms with E-state index >= 15 is 0 Å². The molecular weight excluding hydrogens is 152 g/mol. The van der Waals surface area contributed by atoms with E-state index < -0.39 is 0 Å². The van der Waals surface area contributed by atoms with E-state index in [0.29, 0.717) is 0 Å². The van der Waals surface area contributed by atoms with Crippen molar-refractivity contribution >= 4 is 16.7 Å². The number of rotatable bonds is 1. The van der Waals surface area contributed by atoms with Gasteiger partial charge in [-0.25, -0.2) is 0 Å². The van der Waals surface area contributed by atoms with Crippen LogP contribution in [0.5, 0.6) is 0 Å². The van der Waals surface area contributed by atoms with E-state index in [9.17, 15) is 0 Å². The summed E-state index contributed by atoms with van der Waals surface area (Å²) >= 11 is 0. The highest BCUT2D eigenvalue weighted by atomic mass is 15.1. The van der Waals surface area contributed by atoms with E-state index in [4.69, 9.17) is 11.1 Å². The first-order valence-corrected chi connectivity index (χ1v) is 3.55. The molecule has 0 saturated carbocycles. The van der Waals surface area contributed by atoms with Crippen LogP contribution in [0.25, 0.3) is 10.9 Å². The summed E-state index contributed by atoms with van der Waals surface area (Å²) in [5.74, 6) is 0.0816. The highest BCUT2D eigenvalue weighted by Crippen LogP contribution is 2.11. The molecule has 0 aliphatic rings. The maximum Gasteiger partial charge on any atom is 0.122 e. The van der Waals surface area contributed by atoms with Crippen LogP contribution < -0.4 is 5.73 Å². The number of fused-ring (bicyclic) bond motifs is 1. The van der Waals surface area contributed by atoms with Crippen molar-refractivity contribution in [1.29, 1.82) is 5.41 Å². The maximum absolute atomic E-state index is 7.21. The number of hydrogen-bond acceptors (Lipinski definition) is 2. The molecular formula is C8H8N4. The molecule has 2 rings (SSSR count). The molecule has 1 heterocycles. The molecule has 0 aliphatic carbocycles. The first kappa shape index (κ1) is 6.84. The smallest absolute Gasteiger partial charge is 0.122 e. The number of nitrogens with zero attached hydrogens (tertiary/aromatic N) is 1. The van der Waals surface area contributed by atoms with Gasteiger partial charge in [-0.1, -0.05) is 0 Å². The van der Waals surface area contributed by atoms with Gasteiger partial charge in [0.25, 0.3) is 0 Å². The van der Waals surface area contributed by atoms with Gasteiger partial charge in [-0.3, -0.25) is 10.5 Å². The van der Waals surface area contributed by atoms with Crippen LogP contribution in [0.15, 0.2) is 24.4 Å². The van der Waals surface area contributed by atoms with Gasteiger partial charge in [-0.15, -0.1) is 0 Å². The predicted molar refractivity (Wildman–Crippen MR) is 47.1 cm³/mol. The Morgan fingerprint density at radius 1 is 1.50 bits per heavy atom. The van der Waals surface area contributed by atoms with Crippen LogP contribution in [-0.4, -0.2) is 16.0 Å². The van der Waals surface area contributed by atoms with Crippen molar-refractivity contribution in [1.82, 2.24) is 10.2 Å². The Labute approximate surface area is 68.9 Å². The Hall–Kier alpha value is -1.84. The summed E-state index contributed by atoms with van der Waals surface area (Å²) in [6.45, 7) is 0. The minimum Gasteiger partial charge on any atom is -0.384 e. The minimum atomic E-state index is 0.0816. The lowest BCUT2D eigenvalue weighted by Crippen LogP contribution is -2.10. The van der Waals surface area contributed by atoms with Gasteiger partial charge in [0.1, 0.15) is 5.84 Å². The fourth-order valence-corrected chi connectivity index (χ4v) is 1.11. The molecule has 0 unspecified atom stereocenters. The Morgan fingerprint density at radius 3 is 3.08 bits per heavy atom. The standard InChI is InChI=1S/C8H8N4/c9-8(10)5-1-2-7-6(3-5)4-11-12-7/h1-4H,(H3,9,10)(H,11,12). The van der Waals surface area contributed by atoms with E-state index in [2.05, 4.69) is 10.2 Å². The van der Waals surface area contributed by atoms with Crippen LogP contribution in [0.2, 0.25) is 0 Å². The third kappa shape index (κ3) is 0.934. The second-order valence-electron chi connectivity index (χ2n) is 2.59. The van der Waals surface area contributed by atoms with Gasteiger partial charge in [0.05, 0.1) is 11.7 Å². The van der Waals surface area contributed by atoms with Crippen molar-refractivity contribution < 1.29 is 0 Å². The molecule has 2 aromatic rings. The molecule has 12 heavy (non-hydrogen) atoms. The van der Waals surface area contributed by atoms with Crippen molar-refractivity contribution in [3.05, 3.63) is 30.0 Å². The summed E-state index contributed by atoms with van der Waals surface area (Å²) in [7, 11) is 0. The lowest BCUT2D eigenvalue weighted by molar-refractivity contribution is 1.12. The molecule has 0 radical (unpaired) electrons. The van der Waals surface area contributed by atoms with E-state index in [1.165, 1.54) is 0 Å². The Balaban J connectivity index is 2.68. The number of benzene rings is 1. The molecule has 0 aliphatic heterocycles. The summed E-state index contributed by atoms with van der Waals surface area (Å²) in [6.07, 6.45) is 1.71. The molecule has 1 aromatic carbocycles. The van der Waals surface area contributed by atoms with E-state index in [-0.39, 0.29) is 5.84 Å². The molecule has 0 saturated heterocycles. The van der Waals surface area contributed by atoms with Crippen LogP contribution in [0.4, 0.5) is 0 Å². The zero-order valence-electron chi connectivity index (χ0n) is 6.33. The number of aromatic nitrogens is 2. The van der Waals surface area contributed by atoms with Gasteiger partial charge in [0.15, 0.2) is 0 Å². The van der Waals surface area contributed by atoms with Gasteiger partial charge in [-0.2, -0.15) is 5.10 Å². The number of H-pyrrole nitrogens is 1. The Morgan fingerprint density at radius 2 is 2.33 bits per heavy atom. The molecule has 0 fully saturated rings. The van der Waals surface area contributed by atoms with E-state index in [0.717, 1.165) is 16.5 Å². The van der Waals surface area contributed by atoms with Crippen LogP contribution in [-0.2, 0) is 0 Å². The average molecular weight is 160 g/mol. The number of hydrogen-bond donors (Lipinski definition) is 3. The highest BCUT2D eigenvalue weighted by Gasteiger charge is 1.98. The first-order valence-electron chi connectivity index (χ1n) is 3.55. The topological polar surface area (TPSA) is 78.5 Å². The fourth-order valence-electron chi connectivity index (χ4n) is 1.11. The number of nitrogens with one attached hydrogen (secondary N) is 2. The van der Waals surface area contributed by atoms with Crippen molar-refractivity contribution in [2.24, 2.45) is 5.73 Å². The SMILES string of the molecule is N=C(N)c1ccc2[nH]ncc2c1. The monoisotopic (exact) mass is 160 g/mol. The van der Waals surface area contributed by atoms with E-state index in [1.807, 2.05) is 12.1 Å². The third-order valence-corrected chi connectivity index (χ3v) is 1.75. The Kier molecular flexibility index (Phi) is 1.33. The maximum atomic E-state index is 7.21. The van der Waals surface area contributed by atoms with Gasteiger partial charge < -0.3 is 5.73 Å². The molecule has 0 amide bonds. The van der Waals surface area contributed by atoms with Crippen LogP contribution in [0, 0.1) is 5.41 Å². The summed E-state index contributed by atoms with van der Waals surface area (Å²) < 4.78 is 0. The van der Waals surface area contributed by atoms with Gasteiger partial charge in [0.2, 0.25) is 0 Å². The molecule has 4 heteroatoms. The summed E-state index contributed by atoms with van der Waals surface area (Å²) in [5.41, 5.74) is 7.01. The molecule has 0 spiro atoms. The lowest BCUT2D eigenvalue weighted by Gasteiger charge is -1.96. The Bertz CT molecular complexity index is 429. The molecule has 60 valence electrons. The van der Waals surface area contributed by atoms with Crippen LogP contribution in [0.1, 0.15) is 5.56 Å². The van der Waals surface area contributed by atoms with Crippen LogP contribution >= 0.6 is 0 Å². The first-order chi connectivity index (χ1) is 5.77. The molecule has 0 atom stereocenters. The second-order valence-corrected chi connectivity index (χ2v) is 2.59. The summed E-state index contributed by atoms with van der Waals surface area (Å²) in [4.78, 5) is 0. The highest BCUT2D eigenvalue weighted by molar-refractivity contribution is 5.98. The number of nitrogen functional groups attached to an aromatic ring is 1. The molecule has 4 nitrogen and oxygen atoms in total. The van der Waals surface area contributed by atoms with E-state index in [1.54, 1.807) is 12.3 Å².